The Kier molecular flexibility index (Phi) is 3.67. The zero-order chi connectivity index (χ0) is 12.3. The predicted molar refractivity (Wildman–Crippen MR) is 70.0 cm³/mol. The number of pyridine rings is 1. The molecule has 2 heterocycles. The first-order valence-corrected chi connectivity index (χ1v) is 6.41. The van der Waals surface area contributed by atoms with Crippen molar-refractivity contribution < 1.29 is 5.11 Å². The Morgan fingerprint density at radius 3 is 2.94 bits per heavy atom. The summed E-state index contributed by atoms with van der Waals surface area (Å²) in [5, 5.41) is 9.36. The van der Waals surface area contributed by atoms with Crippen molar-refractivity contribution in [3.8, 4) is 0 Å². The molecule has 3 nitrogen and oxygen atoms in total. The third kappa shape index (κ3) is 2.97. The molecule has 1 saturated heterocycles. The van der Waals surface area contributed by atoms with E-state index in [2.05, 4.69) is 23.7 Å². The van der Waals surface area contributed by atoms with Gasteiger partial charge in [-0.2, -0.15) is 0 Å². The van der Waals surface area contributed by atoms with Crippen molar-refractivity contribution in [2.75, 3.05) is 18.0 Å². The Balaban J connectivity index is 2.17. The molecular weight excluding hydrogens is 212 g/mol. The second-order valence-electron chi connectivity index (χ2n) is 5.67. The standard InChI is InChI=1S/C14H22N2O/c1-14(2)5-3-8-16(9-6-14)13-4-7-15-10-12(13)11-17/h4,7,10,17H,3,5-6,8-9,11H2,1-2H3. The van der Waals surface area contributed by atoms with Gasteiger partial charge in [0.25, 0.3) is 0 Å². The van der Waals surface area contributed by atoms with Gasteiger partial charge in [-0.1, -0.05) is 13.8 Å². The number of hydrogen-bond donors (Lipinski definition) is 1. The van der Waals surface area contributed by atoms with E-state index in [0.29, 0.717) is 5.41 Å². The maximum absolute atomic E-state index is 9.36. The summed E-state index contributed by atoms with van der Waals surface area (Å²) < 4.78 is 0. The first kappa shape index (κ1) is 12.4. The maximum Gasteiger partial charge on any atom is 0.0717 e. The number of aliphatic hydroxyl groups is 1. The number of hydrogen-bond acceptors (Lipinski definition) is 3. The van der Waals surface area contributed by atoms with Crippen LogP contribution in [0.5, 0.6) is 0 Å². The van der Waals surface area contributed by atoms with E-state index in [1.54, 1.807) is 6.20 Å². The van der Waals surface area contributed by atoms with E-state index in [1.165, 1.54) is 19.3 Å². The van der Waals surface area contributed by atoms with Crippen LogP contribution in [0.1, 0.15) is 38.7 Å². The van der Waals surface area contributed by atoms with E-state index in [-0.39, 0.29) is 6.61 Å². The molecule has 1 N–H and O–H groups in total. The van der Waals surface area contributed by atoms with Crippen LogP contribution in [0, 0.1) is 5.41 Å². The zero-order valence-corrected chi connectivity index (χ0v) is 10.8. The smallest absolute Gasteiger partial charge is 0.0717 e. The molecule has 1 aromatic heterocycles. The molecule has 1 fully saturated rings. The average molecular weight is 234 g/mol. The van der Waals surface area contributed by atoms with E-state index in [9.17, 15) is 5.11 Å². The molecule has 0 saturated carbocycles. The number of aromatic nitrogens is 1. The molecule has 2 rings (SSSR count). The van der Waals surface area contributed by atoms with Crippen LogP contribution >= 0.6 is 0 Å². The van der Waals surface area contributed by atoms with Crippen LogP contribution in [0.4, 0.5) is 5.69 Å². The van der Waals surface area contributed by atoms with Crippen molar-refractivity contribution in [2.24, 2.45) is 5.41 Å². The van der Waals surface area contributed by atoms with Crippen LogP contribution in [-0.2, 0) is 6.61 Å². The highest BCUT2D eigenvalue weighted by molar-refractivity contribution is 5.52. The molecule has 0 aromatic carbocycles. The molecular formula is C14H22N2O. The Bertz CT molecular complexity index is 376. The van der Waals surface area contributed by atoms with Crippen LogP contribution in [0.3, 0.4) is 0 Å². The second-order valence-corrected chi connectivity index (χ2v) is 5.67. The van der Waals surface area contributed by atoms with Gasteiger partial charge < -0.3 is 10.0 Å². The molecule has 0 aliphatic carbocycles. The molecule has 94 valence electrons. The van der Waals surface area contributed by atoms with Crippen LogP contribution < -0.4 is 4.90 Å². The first-order valence-electron chi connectivity index (χ1n) is 6.41. The fourth-order valence-electron chi connectivity index (χ4n) is 2.51. The van der Waals surface area contributed by atoms with Gasteiger partial charge in [0.05, 0.1) is 6.61 Å². The minimum Gasteiger partial charge on any atom is -0.392 e. The number of aliphatic hydroxyl groups excluding tert-OH is 1. The summed E-state index contributed by atoms with van der Waals surface area (Å²) >= 11 is 0. The van der Waals surface area contributed by atoms with Crippen molar-refractivity contribution in [3.05, 3.63) is 24.0 Å². The minimum absolute atomic E-state index is 0.0725. The number of nitrogens with zero attached hydrogens (tertiary/aromatic N) is 2. The fraction of sp³-hybridized carbons (Fsp3) is 0.643. The predicted octanol–water partition coefficient (Wildman–Crippen LogP) is 2.59. The number of anilines is 1. The molecule has 17 heavy (non-hydrogen) atoms. The first-order chi connectivity index (χ1) is 8.12. The summed E-state index contributed by atoms with van der Waals surface area (Å²) in [5.41, 5.74) is 2.54. The van der Waals surface area contributed by atoms with Crippen molar-refractivity contribution >= 4 is 5.69 Å². The fourth-order valence-corrected chi connectivity index (χ4v) is 2.51. The zero-order valence-electron chi connectivity index (χ0n) is 10.8. The number of rotatable bonds is 2. The molecule has 1 aliphatic rings. The molecule has 0 spiro atoms. The topological polar surface area (TPSA) is 36.4 Å². The van der Waals surface area contributed by atoms with Crippen molar-refractivity contribution in [1.29, 1.82) is 0 Å². The van der Waals surface area contributed by atoms with E-state index < -0.39 is 0 Å². The van der Waals surface area contributed by atoms with Gasteiger partial charge in [0.15, 0.2) is 0 Å². The quantitative estimate of drug-likeness (QED) is 0.854. The van der Waals surface area contributed by atoms with Crippen LogP contribution in [0.2, 0.25) is 0 Å². The van der Waals surface area contributed by atoms with Gasteiger partial charge in [-0.25, -0.2) is 0 Å². The third-order valence-corrected chi connectivity index (χ3v) is 3.73. The van der Waals surface area contributed by atoms with E-state index in [1.807, 2.05) is 12.3 Å². The second kappa shape index (κ2) is 5.05. The lowest BCUT2D eigenvalue weighted by molar-refractivity contribution is 0.281. The Hall–Kier alpha value is -1.09. The van der Waals surface area contributed by atoms with Gasteiger partial charge in [-0.05, 0) is 30.7 Å². The Morgan fingerprint density at radius 1 is 1.35 bits per heavy atom. The minimum atomic E-state index is 0.0725. The van der Waals surface area contributed by atoms with Crippen molar-refractivity contribution in [2.45, 2.75) is 39.7 Å². The van der Waals surface area contributed by atoms with E-state index >= 15 is 0 Å². The molecule has 0 amide bonds. The van der Waals surface area contributed by atoms with Gasteiger partial charge in [-0.15, -0.1) is 0 Å². The highest BCUT2D eigenvalue weighted by atomic mass is 16.3. The van der Waals surface area contributed by atoms with Crippen LogP contribution in [-0.4, -0.2) is 23.2 Å². The average Bonchev–Trinajstić information content (AvgIpc) is 2.50. The lowest BCUT2D eigenvalue weighted by Crippen LogP contribution is -2.26. The summed E-state index contributed by atoms with van der Waals surface area (Å²) in [5.74, 6) is 0. The molecule has 1 aromatic rings. The van der Waals surface area contributed by atoms with Gasteiger partial charge in [0.1, 0.15) is 0 Å². The molecule has 0 bridgehead atoms. The van der Waals surface area contributed by atoms with E-state index in [0.717, 1.165) is 24.3 Å². The summed E-state index contributed by atoms with van der Waals surface area (Å²) in [6.07, 6.45) is 7.29. The highest BCUT2D eigenvalue weighted by Crippen LogP contribution is 2.32. The van der Waals surface area contributed by atoms with Gasteiger partial charge >= 0.3 is 0 Å². The Labute approximate surface area is 103 Å². The summed E-state index contributed by atoms with van der Waals surface area (Å²) in [7, 11) is 0. The van der Waals surface area contributed by atoms with Gasteiger partial charge in [0.2, 0.25) is 0 Å². The highest BCUT2D eigenvalue weighted by Gasteiger charge is 2.23. The normalized spacial score (nSPS) is 20.1. The lowest BCUT2D eigenvalue weighted by atomic mass is 9.85. The SMILES string of the molecule is CC1(C)CCCN(c2ccncc2CO)CC1. The molecule has 0 radical (unpaired) electrons. The molecule has 0 unspecified atom stereocenters. The van der Waals surface area contributed by atoms with Gasteiger partial charge in [0, 0.05) is 36.7 Å². The van der Waals surface area contributed by atoms with Crippen LogP contribution in [0.15, 0.2) is 18.5 Å². The molecule has 0 atom stereocenters. The van der Waals surface area contributed by atoms with Crippen molar-refractivity contribution in [1.82, 2.24) is 4.98 Å². The third-order valence-electron chi connectivity index (χ3n) is 3.73. The molecule has 3 heteroatoms. The monoisotopic (exact) mass is 234 g/mol. The summed E-state index contributed by atoms with van der Waals surface area (Å²) in [6.45, 7) is 6.92. The summed E-state index contributed by atoms with van der Waals surface area (Å²) in [4.78, 5) is 6.47. The van der Waals surface area contributed by atoms with E-state index in [4.69, 9.17) is 0 Å². The van der Waals surface area contributed by atoms with Crippen molar-refractivity contribution in [3.63, 3.8) is 0 Å². The van der Waals surface area contributed by atoms with Crippen LogP contribution in [0.25, 0.3) is 0 Å². The van der Waals surface area contributed by atoms with Gasteiger partial charge in [-0.3, -0.25) is 4.98 Å². The lowest BCUT2D eigenvalue weighted by Gasteiger charge is -2.26. The Morgan fingerprint density at radius 2 is 2.18 bits per heavy atom. The maximum atomic E-state index is 9.36. The summed E-state index contributed by atoms with van der Waals surface area (Å²) in [6, 6.07) is 2.02. The molecule has 1 aliphatic heterocycles. The largest absolute Gasteiger partial charge is 0.392 e.